The molecule has 0 aliphatic carbocycles. The molecule has 2 nitrogen and oxygen atoms in total. The molecule has 3 aromatic rings. The van der Waals surface area contributed by atoms with Crippen LogP contribution in [0, 0.1) is 12.7 Å². The van der Waals surface area contributed by atoms with E-state index in [0.717, 1.165) is 27.9 Å². The minimum absolute atomic E-state index is 0.207. The van der Waals surface area contributed by atoms with Gasteiger partial charge in [0.2, 0.25) is 0 Å². The first-order chi connectivity index (χ1) is 10.5. The van der Waals surface area contributed by atoms with Gasteiger partial charge in [0.1, 0.15) is 5.82 Å². The van der Waals surface area contributed by atoms with Crippen LogP contribution in [0.2, 0.25) is 0 Å². The van der Waals surface area contributed by atoms with Crippen molar-refractivity contribution >= 4 is 11.4 Å². The number of benzene rings is 3. The molecule has 0 saturated carbocycles. The lowest BCUT2D eigenvalue weighted by molar-refractivity contribution is 0.619. The summed E-state index contributed by atoms with van der Waals surface area (Å²) in [7, 11) is 0. The number of hydrogen-bond acceptors (Lipinski definition) is 2. The summed E-state index contributed by atoms with van der Waals surface area (Å²) < 4.78 is 13.5. The minimum atomic E-state index is -0.207. The predicted octanol–water partition coefficient (Wildman–Crippen LogP) is 4.63. The smallest absolute Gasteiger partial charge is 0.126 e. The lowest BCUT2D eigenvalue weighted by Gasteiger charge is -2.12. The molecule has 0 radical (unpaired) electrons. The Morgan fingerprint density at radius 1 is 0.682 bits per heavy atom. The highest BCUT2D eigenvalue weighted by molar-refractivity contribution is 5.86. The van der Waals surface area contributed by atoms with Crippen LogP contribution in [0.15, 0.2) is 60.7 Å². The normalized spacial score (nSPS) is 10.6. The molecule has 3 rings (SSSR count). The summed E-state index contributed by atoms with van der Waals surface area (Å²) >= 11 is 0. The van der Waals surface area contributed by atoms with Crippen molar-refractivity contribution in [3.8, 4) is 22.3 Å². The van der Waals surface area contributed by atoms with Crippen LogP contribution in [0.4, 0.5) is 15.8 Å². The van der Waals surface area contributed by atoms with Crippen molar-refractivity contribution in [2.45, 2.75) is 6.92 Å². The van der Waals surface area contributed by atoms with E-state index in [9.17, 15) is 4.39 Å². The molecule has 3 aromatic carbocycles. The number of aryl methyl sites for hydroxylation is 1. The number of anilines is 2. The van der Waals surface area contributed by atoms with Crippen molar-refractivity contribution in [3.05, 3.63) is 72.0 Å². The molecule has 0 unspecified atom stereocenters. The third-order valence-corrected chi connectivity index (χ3v) is 3.73. The van der Waals surface area contributed by atoms with Crippen LogP contribution >= 0.6 is 0 Å². The fourth-order valence-corrected chi connectivity index (χ4v) is 2.53. The van der Waals surface area contributed by atoms with Crippen LogP contribution in [0.5, 0.6) is 0 Å². The summed E-state index contributed by atoms with van der Waals surface area (Å²) in [5, 5.41) is 0. The fraction of sp³-hybridized carbons (Fsp3) is 0.0526. The molecule has 110 valence electrons. The molecule has 0 heterocycles. The largest absolute Gasteiger partial charge is 0.399 e. The predicted molar refractivity (Wildman–Crippen MR) is 90.8 cm³/mol. The minimum Gasteiger partial charge on any atom is -0.399 e. The first kappa shape index (κ1) is 14.1. The van der Waals surface area contributed by atoms with Gasteiger partial charge < -0.3 is 11.5 Å². The van der Waals surface area contributed by atoms with Crippen molar-refractivity contribution in [3.63, 3.8) is 0 Å². The molecule has 0 atom stereocenters. The average molecular weight is 292 g/mol. The highest BCUT2D eigenvalue weighted by Crippen LogP contribution is 2.34. The summed E-state index contributed by atoms with van der Waals surface area (Å²) in [6, 6.07) is 18.5. The molecule has 0 amide bonds. The van der Waals surface area contributed by atoms with Crippen LogP contribution < -0.4 is 11.5 Å². The van der Waals surface area contributed by atoms with Gasteiger partial charge in [0.15, 0.2) is 0 Å². The zero-order valence-corrected chi connectivity index (χ0v) is 12.3. The molecule has 0 aromatic heterocycles. The Balaban J connectivity index is 2.19. The van der Waals surface area contributed by atoms with Gasteiger partial charge in [0, 0.05) is 11.4 Å². The number of hydrogen-bond donors (Lipinski definition) is 2. The van der Waals surface area contributed by atoms with Gasteiger partial charge in [0.25, 0.3) is 0 Å². The number of rotatable bonds is 2. The zero-order chi connectivity index (χ0) is 15.7. The van der Waals surface area contributed by atoms with Crippen molar-refractivity contribution in [2.75, 3.05) is 11.5 Å². The van der Waals surface area contributed by atoms with Crippen LogP contribution in [0.3, 0.4) is 0 Å². The molecular formula is C19H17FN2. The first-order valence-corrected chi connectivity index (χ1v) is 7.06. The SMILES string of the molecule is Cc1cc(-c2cc(N)ccc2-c2ccc(N)cc2)ccc1F. The van der Waals surface area contributed by atoms with E-state index in [4.69, 9.17) is 11.5 Å². The lowest BCUT2D eigenvalue weighted by atomic mass is 9.93. The van der Waals surface area contributed by atoms with E-state index in [0.29, 0.717) is 11.3 Å². The van der Waals surface area contributed by atoms with Gasteiger partial charge in [-0.15, -0.1) is 0 Å². The van der Waals surface area contributed by atoms with E-state index in [1.165, 1.54) is 6.07 Å². The molecule has 0 saturated heterocycles. The molecule has 3 heteroatoms. The molecule has 0 aliphatic heterocycles. The lowest BCUT2D eigenvalue weighted by Crippen LogP contribution is -1.92. The molecule has 0 fully saturated rings. The molecule has 22 heavy (non-hydrogen) atoms. The molecule has 0 bridgehead atoms. The van der Waals surface area contributed by atoms with Gasteiger partial charge in [0.05, 0.1) is 0 Å². The Kier molecular flexibility index (Phi) is 3.55. The number of nitrogens with two attached hydrogens (primary N) is 2. The van der Waals surface area contributed by atoms with Gasteiger partial charge in [-0.25, -0.2) is 4.39 Å². The summed E-state index contributed by atoms with van der Waals surface area (Å²) in [6.45, 7) is 1.76. The Bertz CT molecular complexity index is 823. The van der Waals surface area contributed by atoms with E-state index in [1.807, 2.05) is 48.5 Å². The highest BCUT2D eigenvalue weighted by atomic mass is 19.1. The van der Waals surface area contributed by atoms with Crippen LogP contribution in [-0.4, -0.2) is 0 Å². The summed E-state index contributed by atoms with van der Waals surface area (Å²) in [5.41, 5.74) is 17.7. The van der Waals surface area contributed by atoms with E-state index in [-0.39, 0.29) is 5.82 Å². The second kappa shape index (κ2) is 5.53. The number of nitrogen functional groups attached to an aromatic ring is 2. The summed E-state index contributed by atoms with van der Waals surface area (Å²) in [5.74, 6) is -0.207. The van der Waals surface area contributed by atoms with Gasteiger partial charge in [-0.05, 0) is 71.1 Å². The topological polar surface area (TPSA) is 52.0 Å². The molecule has 4 N–H and O–H groups in total. The fourth-order valence-electron chi connectivity index (χ4n) is 2.53. The van der Waals surface area contributed by atoms with E-state index >= 15 is 0 Å². The van der Waals surface area contributed by atoms with Gasteiger partial charge in [-0.3, -0.25) is 0 Å². The number of halogens is 1. The van der Waals surface area contributed by atoms with Crippen LogP contribution in [0.1, 0.15) is 5.56 Å². The highest BCUT2D eigenvalue weighted by Gasteiger charge is 2.09. The monoisotopic (exact) mass is 292 g/mol. The molecule has 0 aliphatic rings. The van der Waals surface area contributed by atoms with Crippen LogP contribution in [0.25, 0.3) is 22.3 Å². The van der Waals surface area contributed by atoms with Gasteiger partial charge in [-0.2, -0.15) is 0 Å². The maximum atomic E-state index is 13.5. The third-order valence-electron chi connectivity index (χ3n) is 3.73. The van der Waals surface area contributed by atoms with E-state index < -0.39 is 0 Å². The van der Waals surface area contributed by atoms with Crippen molar-refractivity contribution < 1.29 is 4.39 Å². The van der Waals surface area contributed by atoms with Gasteiger partial charge in [-0.1, -0.05) is 24.3 Å². The molecular weight excluding hydrogens is 275 g/mol. The molecule has 0 spiro atoms. The Morgan fingerprint density at radius 2 is 1.32 bits per heavy atom. The van der Waals surface area contributed by atoms with Crippen molar-refractivity contribution in [1.82, 2.24) is 0 Å². The summed E-state index contributed by atoms with van der Waals surface area (Å²) in [6.07, 6.45) is 0. The maximum Gasteiger partial charge on any atom is 0.126 e. The summed E-state index contributed by atoms with van der Waals surface area (Å²) in [4.78, 5) is 0. The van der Waals surface area contributed by atoms with Crippen molar-refractivity contribution in [2.24, 2.45) is 0 Å². The average Bonchev–Trinajstić information content (AvgIpc) is 2.51. The van der Waals surface area contributed by atoms with E-state index in [2.05, 4.69) is 0 Å². The maximum absolute atomic E-state index is 13.5. The standard InChI is InChI=1S/C19H17FN2/c1-12-10-14(4-9-19(12)20)18-11-16(22)7-8-17(18)13-2-5-15(21)6-3-13/h2-11H,21-22H2,1H3. The third kappa shape index (κ3) is 2.66. The Morgan fingerprint density at radius 3 is 2.00 bits per heavy atom. The van der Waals surface area contributed by atoms with Crippen LogP contribution in [-0.2, 0) is 0 Å². The van der Waals surface area contributed by atoms with E-state index in [1.54, 1.807) is 13.0 Å². The zero-order valence-electron chi connectivity index (χ0n) is 12.3. The van der Waals surface area contributed by atoms with Gasteiger partial charge >= 0.3 is 0 Å². The quantitative estimate of drug-likeness (QED) is 0.676. The second-order valence-corrected chi connectivity index (χ2v) is 5.39. The Labute approximate surface area is 129 Å². The Hall–Kier alpha value is -2.81. The van der Waals surface area contributed by atoms with Crippen molar-refractivity contribution in [1.29, 1.82) is 0 Å². The second-order valence-electron chi connectivity index (χ2n) is 5.39. The first-order valence-electron chi connectivity index (χ1n) is 7.06.